The van der Waals surface area contributed by atoms with Crippen LogP contribution in [-0.2, 0) is 0 Å². The molecule has 0 spiro atoms. The molecule has 0 aromatic carbocycles. The molecule has 2 fully saturated rings. The second-order valence-corrected chi connectivity index (χ2v) is 7.75. The van der Waals surface area contributed by atoms with Crippen molar-refractivity contribution in [2.45, 2.75) is 65.5 Å². The molecule has 2 aliphatic rings. The summed E-state index contributed by atoms with van der Waals surface area (Å²) in [4.78, 5) is 5.26. The molecule has 2 saturated heterocycles. The van der Waals surface area contributed by atoms with Crippen molar-refractivity contribution in [2.24, 2.45) is 11.8 Å². The molecule has 0 saturated carbocycles. The number of hydrogen-bond acceptors (Lipinski definition) is 2. The summed E-state index contributed by atoms with van der Waals surface area (Å²) in [6.07, 6.45) is 4.35. The number of hydrogen-bond donors (Lipinski definition) is 0. The molecule has 2 heteroatoms. The molecule has 2 heterocycles. The van der Waals surface area contributed by atoms with Crippen LogP contribution in [0.3, 0.4) is 0 Å². The van der Waals surface area contributed by atoms with E-state index in [0.29, 0.717) is 5.54 Å². The normalized spacial score (nSPS) is 25.7. The second-order valence-electron chi connectivity index (χ2n) is 7.75. The van der Waals surface area contributed by atoms with E-state index in [4.69, 9.17) is 0 Å². The lowest BCUT2D eigenvalue weighted by Crippen LogP contribution is -2.56. The van der Waals surface area contributed by atoms with E-state index in [0.717, 1.165) is 17.9 Å². The fourth-order valence-corrected chi connectivity index (χ4v) is 3.44. The van der Waals surface area contributed by atoms with Crippen molar-refractivity contribution in [3.05, 3.63) is 0 Å². The fraction of sp³-hybridized carbons (Fsp3) is 1.00. The fourth-order valence-electron chi connectivity index (χ4n) is 3.44. The van der Waals surface area contributed by atoms with Crippen molar-refractivity contribution in [1.29, 1.82) is 0 Å². The summed E-state index contributed by atoms with van der Waals surface area (Å²) in [5, 5.41) is 0. The first-order chi connectivity index (χ1) is 8.36. The zero-order valence-corrected chi connectivity index (χ0v) is 13.1. The molecule has 0 unspecified atom stereocenters. The third-order valence-electron chi connectivity index (χ3n) is 4.95. The maximum atomic E-state index is 2.64. The van der Waals surface area contributed by atoms with Gasteiger partial charge in [0.1, 0.15) is 0 Å². The highest BCUT2D eigenvalue weighted by molar-refractivity contribution is 4.90. The molecule has 0 atom stereocenters. The highest BCUT2D eigenvalue weighted by Crippen LogP contribution is 2.33. The molecule has 0 amide bonds. The molecule has 0 N–H and O–H groups in total. The van der Waals surface area contributed by atoms with Gasteiger partial charge in [0, 0.05) is 24.7 Å². The van der Waals surface area contributed by atoms with E-state index in [1.807, 2.05) is 0 Å². The van der Waals surface area contributed by atoms with Crippen LogP contribution < -0.4 is 0 Å². The van der Waals surface area contributed by atoms with Crippen molar-refractivity contribution in [3.8, 4) is 0 Å². The summed E-state index contributed by atoms with van der Waals surface area (Å²) < 4.78 is 0. The molecule has 0 radical (unpaired) electrons. The Kier molecular flexibility index (Phi) is 4.38. The number of likely N-dealkylation sites (tertiary alicyclic amines) is 2. The highest BCUT2D eigenvalue weighted by atomic mass is 15.2. The quantitative estimate of drug-likeness (QED) is 0.761. The van der Waals surface area contributed by atoms with E-state index in [2.05, 4.69) is 44.4 Å². The van der Waals surface area contributed by atoms with Crippen LogP contribution in [0.15, 0.2) is 0 Å². The van der Waals surface area contributed by atoms with Crippen LogP contribution in [0.1, 0.15) is 53.9 Å². The molecule has 2 nitrogen and oxygen atoms in total. The summed E-state index contributed by atoms with van der Waals surface area (Å²) in [6.45, 7) is 17.0. The summed E-state index contributed by atoms with van der Waals surface area (Å²) in [7, 11) is 0. The van der Waals surface area contributed by atoms with E-state index < -0.39 is 0 Å². The van der Waals surface area contributed by atoms with Gasteiger partial charge in [-0.25, -0.2) is 0 Å². The predicted molar refractivity (Wildman–Crippen MR) is 78.9 cm³/mol. The minimum Gasteiger partial charge on any atom is -0.301 e. The van der Waals surface area contributed by atoms with Gasteiger partial charge in [-0.05, 0) is 78.8 Å². The molecule has 0 bridgehead atoms. The van der Waals surface area contributed by atoms with Gasteiger partial charge in [-0.15, -0.1) is 0 Å². The molecule has 0 aromatic rings. The summed E-state index contributed by atoms with van der Waals surface area (Å²) >= 11 is 0. The first-order valence-corrected chi connectivity index (χ1v) is 7.85. The van der Waals surface area contributed by atoms with E-state index in [9.17, 15) is 0 Å². The molecule has 18 heavy (non-hydrogen) atoms. The number of nitrogens with zero attached hydrogens (tertiary/aromatic N) is 2. The third kappa shape index (κ3) is 3.48. The second kappa shape index (κ2) is 5.50. The summed E-state index contributed by atoms with van der Waals surface area (Å²) in [5.41, 5.74) is 0.386. The van der Waals surface area contributed by atoms with Gasteiger partial charge in [0.25, 0.3) is 0 Å². The standard InChI is InChI=1S/C16H32N2/c1-13(2)17-8-6-14(7-9-17)10-15-11-18(12-15)16(3,4)5/h13-15H,6-12H2,1-5H3. The molecule has 2 rings (SSSR count). The Morgan fingerprint density at radius 2 is 1.56 bits per heavy atom. The minimum atomic E-state index is 0.386. The first kappa shape index (κ1) is 14.3. The van der Waals surface area contributed by atoms with Crippen LogP contribution in [0.4, 0.5) is 0 Å². The molecule has 0 aliphatic carbocycles. The van der Waals surface area contributed by atoms with Gasteiger partial charge in [0.15, 0.2) is 0 Å². The van der Waals surface area contributed by atoms with Crippen molar-refractivity contribution in [3.63, 3.8) is 0 Å². The largest absolute Gasteiger partial charge is 0.301 e. The zero-order valence-electron chi connectivity index (χ0n) is 13.1. The lowest BCUT2D eigenvalue weighted by Gasteiger charge is -2.49. The average Bonchev–Trinajstić information content (AvgIpc) is 2.21. The van der Waals surface area contributed by atoms with E-state index in [-0.39, 0.29) is 0 Å². The van der Waals surface area contributed by atoms with Gasteiger partial charge < -0.3 is 4.90 Å². The summed E-state index contributed by atoms with van der Waals surface area (Å²) in [6, 6.07) is 0.742. The summed E-state index contributed by atoms with van der Waals surface area (Å²) in [5.74, 6) is 1.99. The van der Waals surface area contributed by atoms with Crippen LogP contribution in [0.25, 0.3) is 0 Å². The predicted octanol–water partition coefficient (Wildman–Crippen LogP) is 3.23. The van der Waals surface area contributed by atoms with E-state index >= 15 is 0 Å². The van der Waals surface area contributed by atoms with Crippen molar-refractivity contribution in [2.75, 3.05) is 26.2 Å². The van der Waals surface area contributed by atoms with Gasteiger partial charge in [-0.3, -0.25) is 4.90 Å². The molecular formula is C16H32N2. The molecule has 2 aliphatic heterocycles. The molecule has 106 valence electrons. The van der Waals surface area contributed by atoms with Gasteiger partial charge in [0.2, 0.25) is 0 Å². The van der Waals surface area contributed by atoms with Gasteiger partial charge in [0.05, 0.1) is 0 Å². The van der Waals surface area contributed by atoms with Gasteiger partial charge >= 0.3 is 0 Å². The lowest BCUT2D eigenvalue weighted by atomic mass is 9.81. The van der Waals surface area contributed by atoms with Crippen LogP contribution in [0.2, 0.25) is 0 Å². The molecular weight excluding hydrogens is 220 g/mol. The van der Waals surface area contributed by atoms with Crippen LogP contribution in [-0.4, -0.2) is 47.6 Å². The van der Waals surface area contributed by atoms with Crippen LogP contribution in [0, 0.1) is 11.8 Å². The number of rotatable bonds is 3. The number of piperidine rings is 1. The molecule has 0 aromatic heterocycles. The Hall–Kier alpha value is -0.0800. The maximum absolute atomic E-state index is 2.64. The Morgan fingerprint density at radius 3 is 2.00 bits per heavy atom. The Bertz CT molecular complexity index is 253. The van der Waals surface area contributed by atoms with Crippen LogP contribution >= 0.6 is 0 Å². The Morgan fingerprint density at radius 1 is 1.00 bits per heavy atom. The minimum absolute atomic E-state index is 0.386. The van der Waals surface area contributed by atoms with E-state index in [1.165, 1.54) is 45.4 Å². The highest BCUT2D eigenvalue weighted by Gasteiger charge is 2.35. The monoisotopic (exact) mass is 252 g/mol. The van der Waals surface area contributed by atoms with Crippen molar-refractivity contribution in [1.82, 2.24) is 9.80 Å². The van der Waals surface area contributed by atoms with Crippen LogP contribution in [0.5, 0.6) is 0 Å². The van der Waals surface area contributed by atoms with Crippen molar-refractivity contribution >= 4 is 0 Å². The van der Waals surface area contributed by atoms with E-state index in [1.54, 1.807) is 0 Å². The zero-order chi connectivity index (χ0) is 13.3. The third-order valence-corrected chi connectivity index (χ3v) is 4.95. The smallest absolute Gasteiger partial charge is 0.0125 e. The SMILES string of the molecule is CC(C)N1CCC(CC2CN(C(C)(C)C)C2)CC1. The van der Waals surface area contributed by atoms with Crippen molar-refractivity contribution < 1.29 is 0 Å². The first-order valence-electron chi connectivity index (χ1n) is 7.85. The van der Waals surface area contributed by atoms with Gasteiger partial charge in [-0.2, -0.15) is 0 Å². The Balaban J connectivity index is 1.65. The topological polar surface area (TPSA) is 6.48 Å². The Labute approximate surface area is 114 Å². The lowest BCUT2D eigenvalue weighted by molar-refractivity contribution is -0.00216. The maximum Gasteiger partial charge on any atom is 0.0125 e. The average molecular weight is 252 g/mol. The van der Waals surface area contributed by atoms with Gasteiger partial charge in [-0.1, -0.05) is 0 Å².